The maximum absolute atomic E-state index is 10.9. The van der Waals surface area contributed by atoms with Gasteiger partial charge in [-0.3, -0.25) is 9.79 Å². The second kappa shape index (κ2) is 6.76. The molecule has 0 atom stereocenters. The number of aliphatic imine (C=N–C) groups is 1. The summed E-state index contributed by atoms with van der Waals surface area (Å²) < 4.78 is 4.76. The van der Waals surface area contributed by atoms with Crippen LogP contribution in [0.15, 0.2) is 35.3 Å². The second-order valence-electron chi connectivity index (χ2n) is 3.02. The fourth-order valence-electron chi connectivity index (χ4n) is 1.11. The van der Waals surface area contributed by atoms with Crippen LogP contribution in [0.1, 0.15) is 18.9 Å². The standard InChI is InChI=1S/C12H15NO2/c1-2-15-12(14)8-9-13-10-11-6-4-3-5-7-11/h3-7,9H,2,8,10H2,1H3. The fourth-order valence-corrected chi connectivity index (χ4v) is 1.11. The summed E-state index contributed by atoms with van der Waals surface area (Å²) in [5, 5.41) is 0. The molecular weight excluding hydrogens is 190 g/mol. The van der Waals surface area contributed by atoms with E-state index in [0.717, 1.165) is 5.56 Å². The maximum Gasteiger partial charge on any atom is 0.311 e. The van der Waals surface area contributed by atoms with Crippen LogP contribution in [0, 0.1) is 0 Å². The number of benzene rings is 1. The Morgan fingerprint density at radius 1 is 1.40 bits per heavy atom. The first kappa shape index (κ1) is 11.4. The van der Waals surface area contributed by atoms with Crippen molar-refractivity contribution >= 4 is 12.2 Å². The summed E-state index contributed by atoms with van der Waals surface area (Å²) in [6.07, 6.45) is 1.85. The Hall–Kier alpha value is -1.64. The van der Waals surface area contributed by atoms with Crippen molar-refractivity contribution in [2.24, 2.45) is 4.99 Å². The van der Waals surface area contributed by atoms with Crippen LogP contribution in [0.4, 0.5) is 0 Å². The van der Waals surface area contributed by atoms with Gasteiger partial charge in [0.15, 0.2) is 0 Å². The van der Waals surface area contributed by atoms with Crippen molar-refractivity contribution in [3.63, 3.8) is 0 Å². The lowest BCUT2D eigenvalue weighted by Gasteiger charge is -1.97. The van der Waals surface area contributed by atoms with E-state index in [1.807, 2.05) is 30.3 Å². The van der Waals surface area contributed by atoms with Crippen LogP contribution in [-0.2, 0) is 16.1 Å². The molecule has 80 valence electrons. The molecule has 0 fully saturated rings. The van der Waals surface area contributed by atoms with E-state index in [9.17, 15) is 4.79 Å². The Morgan fingerprint density at radius 3 is 2.80 bits per heavy atom. The molecule has 1 rings (SSSR count). The van der Waals surface area contributed by atoms with Crippen LogP contribution in [0.25, 0.3) is 0 Å². The van der Waals surface area contributed by atoms with E-state index >= 15 is 0 Å². The predicted molar refractivity (Wildman–Crippen MR) is 59.9 cm³/mol. The summed E-state index contributed by atoms with van der Waals surface area (Å²) in [6.45, 7) is 2.82. The molecular formula is C12H15NO2. The minimum atomic E-state index is -0.227. The summed E-state index contributed by atoms with van der Waals surface area (Å²) in [5.74, 6) is -0.227. The van der Waals surface area contributed by atoms with E-state index in [1.54, 1.807) is 13.1 Å². The minimum Gasteiger partial charge on any atom is -0.466 e. The summed E-state index contributed by atoms with van der Waals surface area (Å²) in [4.78, 5) is 15.1. The molecule has 0 saturated heterocycles. The summed E-state index contributed by atoms with van der Waals surface area (Å²) in [7, 11) is 0. The van der Waals surface area contributed by atoms with Crippen molar-refractivity contribution < 1.29 is 9.53 Å². The predicted octanol–water partition coefficient (Wildman–Crippen LogP) is 2.21. The van der Waals surface area contributed by atoms with Gasteiger partial charge in [-0.1, -0.05) is 30.3 Å². The average molecular weight is 205 g/mol. The first-order valence-corrected chi connectivity index (χ1v) is 5.00. The zero-order valence-corrected chi connectivity index (χ0v) is 8.85. The number of hydrogen-bond acceptors (Lipinski definition) is 3. The lowest BCUT2D eigenvalue weighted by Crippen LogP contribution is -2.03. The molecule has 0 aliphatic rings. The van der Waals surface area contributed by atoms with Crippen molar-refractivity contribution in [1.82, 2.24) is 0 Å². The highest BCUT2D eigenvalue weighted by Crippen LogP contribution is 1.99. The molecule has 0 unspecified atom stereocenters. The highest BCUT2D eigenvalue weighted by molar-refractivity contribution is 5.85. The molecule has 0 bridgehead atoms. The van der Waals surface area contributed by atoms with Crippen LogP contribution < -0.4 is 0 Å². The normalized spacial score (nSPS) is 10.5. The topological polar surface area (TPSA) is 38.7 Å². The van der Waals surface area contributed by atoms with E-state index in [-0.39, 0.29) is 12.4 Å². The van der Waals surface area contributed by atoms with Crippen molar-refractivity contribution in [2.45, 2.75) is 19.9 Å². The molecule has 0 N–H and O–H groups in total. The number of hydrogen-bond donors (Lipinski definition) is 0. The van der Waals surface area contributed by atoms with Gasteiger partial charge >= 0.3 is 5.97 Å². The molecule has 0 aliphatic carbocycles. The minimum absolute atomic E-state index is 0.227. The second-order valence-corrected chi connectivity index (χ2v) is 3.02. The third-order valence-corrected chi connectivity index (χ3v) is 1.81. The number of carbonyl (C=O) groups is 1. The Balaban J connectivity index is 2.26. The first-order chi connectivity index (χ1) is 7.33. The van der Waals surface area contributed by atoms with E-state index in [4.69, 9.17) is 4.74 Å². The highest BCUT2D eigenvalue weighted by atomic mass is 16.5. The number of nitrogens with zero attached hydrogens (tertiary/aromatic N) is 1. The van der Waals surface area contributed by atoms with Crippen molar-refractivity contribution in [3.8, 4) is 0 Å². The monoisotopic (exact) mass is 205 g/mol. The SMILES string of the molecule is CCOC(=O)CC=NCc1ccccc1. The number of rotatable bonds is 5. The van der Waals surface area contributed by atoms with Crippen LogP contribution in [0.3, 0.4) is 0 Å². The number of carbonyl (C=O) groups excluding carboxylic acids is 1. The summed E-state index contributed by atoms with van der Waals surface area (Å²) in [6, 6.07) is 9.90. The largest absolute Gasteiger partial charge is 0.466 e. The quantitative estimate of drug-likeness (QED) is 0.546. The highest BCUT2D eigenvalue weighted by Gasteiger charge is 1.96. The lowest BCUT2D eigenvalue weighted by molar-refractivity contribution is -0.141. The zero-order valence-electron chi connectivity index (χ0n) is 8.85. The van der Waals surface area contributed by atoms with Crippen molar-refractivity contribution in [1.29, 1.82) is 0 Å². The third-order valence-electron chi connectivity index (χ3n) is 1.81. The molecule has 0 radical (unpaired) electrons. The Bertz CT molecular complexity index is 320. The Labute approximate surface area is 89.8 Å². The summed E-state index contributed by atoms with van der Waals surface area (Å²) >= 11 is 0. The van der Waals surface area contributed by atoms with Crippen LogP contribution in [0.2, 0.25) is 0 Å². The summed E-state index contributed by atoms with van der Waals surface area (Å²) in [5.41, 5.74) is 1.14. The van der Waals surface area contributed by atoms with E-state index in [0.29, 0.717) is 13.2 Å². The van der Waals surface area contributed by atoms with Gasteiger partial charge in [0, 0.05) is 6.21 Å². The van der Waals surface area contributed by atoms with Gasteiger partial charge in [-0.05, 0) is 12.5 Å². The molecule has 15 heavy (non-hydrogen) atoms. The van der Waals surface area contributed by atoms with Gasteiger partial charge in [0.1, 0.15) is 0 Å². The maximum atomic E-state index is 10.9. The zero-order chi connectivity index (χ0) is 10.9. The van der Waals surface area contributed by atoms with Crippen LogP contribution >= 0.6 is 0 Å². The molecule has 0 aliphatic heterocycles. The van der Waals surface area contributed by atoms with Crippen LogP contribution in [0.5, 0.6) is 0 Å². The van der Waals surface area contributed by atoms with Gasteiger partial charge in [0.25, 0.3) is 0 Å². The van der Waals surface area contributed by atoms with E-state index in [1.165, 1.54) is 0 Å². The fraction of sp³-hybridized carbons (Fsp3) is 0.333. The molecule has 0 spiro atoms. The molecule has 0 heterocycles. The molecule has 0 aromatic heterocycles. The Morgan fingerprint density at radius 2 is 2.13 bits per heavy atom. The molecule has 3 heteroatoms. The van der Waals surface area contributed by atoms with Gasteiger partial charge in [0.05, 0.1) is 19.6 Å². The first-order valence-electron chi connectivity index (χ1n) is 5.00. The smallest absolute Gasteiger partial charge is 0.311 e. The van der Waals surface area contributed by atoms with Crippen molar-refractivity contribution in [2.75, 3.05) is 6.61 Å². The molecule has 1 aromatic carbocycles. The lowest BCUT2D eigenvalue weighted by atomic mass is 10.2. The van der Waals surface area contributed by atoms with Crippen LogP contribution in [-0.4, -0.2) is 18.8 Å². The van der Waals surface area contributed by atoms with E-state index < -0.39 is 0 Å². The Kier molecular flexibility index (Phi) is 5.15. The number of esters is 1. The van der Waals surface area contributed by atoms with E-state index in [2.05, 4.69) is 4.99 Å². The third kappa shape index (κ3) is 4.96. The molecule has 0 amide bonds. The van der Waals surface area contributed by atoms with Gasteiger partial charge in [-0.2, -0.15) is 0 Å². The number of ether oxygens (including phenoxy) is 1. The average Bonchev–Trinajstić information content (AvgIpc) is 2.26. The van der Waals surface area contributed by atoms with Gasteiger partial charge < -0.3 is 4.74 Å². The molecule has 3 nitrogen and oxygen atoms in total. The van der Waals surface area contributed by atoms with Gasteiger partial charge in [-0.15, -0.1) is 0 Å². The van der Waals surface area contributed by atoms with Gasteiger partial charge in [0.2, 0.25) is 0 Å². The van der Waals surface area contributed by atoms with Gasteiger partial charge in [-0.25, -0.2) is 0 Å². The van der Waals surface area contributed by atoms with Crippen molar-refractivity contribution in [3.05, 3.63) is 35.9 Å². The molecule has 1 aromatic rings. The molecule has 0 saturated carbocycles.